The molecule has 0 aromatic carbocycles. The molecule has 1 aromatic heterocycles. The molecular weight excluding hydrogens is 164 g/mol. The van der Waals surface area contributed by atoms with Gasteiger partial charge in [0.2, 0.25) is 0 Å². The molecule has 3 nitrogen and oxygen atoms in total. The SMILES string of the molecule is CCc1ncnn1C(C)C(F)F. The predicted octanol–water partition coefficient (Wildman–Crippen LogP) is 1.67. The Kier molecular flexibility index (Phi) is 2.73. The molecule has 1 atom stereocenters. The van der Waals surface area contributed by atoms with Gasteiger partial charge in [-0.15, -0.1) is 0 Å². The molecule has 0 spiro atoms. The largest absolute Gasteiger partial charge is 0.260 e. The van der Waals surface area contributed by atoms with Crippen molar-refractivity contribution in [2.24, 2.45) is 0 Å². The van der Waals surface area contributed by atoms with E-state index in [1.807, 2.05) is 6.92 Å². The minimum Gasteiger partial charge on any atom is -0.242 e. The van der Waals surface area contributed by atoms with Gasteiger partial charge in [-0.1, -0.05) is 6.92 Å². The van der Waals surface area contributed by atoms with Gasteiger partial charge in [0.1, 0.15) is 18.2 Å². The van der Waals surface area contributed by atoms with Crippen LogP contribution in [0.3, 0.4) is 0 Å². The van der Waals surface area contributed by atoms with E-state index in [1.54, 1.807) is 0 Å². The van der Waals surface area contributed by atoms with Crippen molar-refractivity contribution >= 4 is 0 Å². The van der Waals surface area contributed by atoms with Crippen molar-refractivity contribution in [2.45, 2.75) is 32.7 Å². The Morgan fingerprint density at radius 2 is 2.25 bits per heavy atom. The lowest BCUT2D eigenvalue weighted by Gasteiger charge is -2.12. The van der Waals surface area contributed by atoms with Crippen molar-refractivity contribution in [3.8, 4) is 0 Å². The fraction of sp³-hybridized carbons (Fsp3) is 0.714. The summed E-state index contributed by atoms with van der Waals surface area (Å²) in [6.07, 6.45) is -0.466. The van der Waals surface area contributed by atoms with Crippen LogP contribution < -0.4 is 0 Å². The monoisotopic (exact) mass is 175 g/mol. The maximum absolute atomic E-state index is 12.2. The van der Waals surface area contributed by atoms with Crippen LogP contribution in [0.5, 0.6) is 0 Å². The van der Waals surface area contributed by atoms with Crippen molar-refractivity contribution in [3.05, 3.63) is 12.2 Å². The summed E-state index contributed by atoms with van der Waals surface area (Å²) in [6, 6.07) is -0.887. The number of alkyl halides is 2. The molecule has 1 rings (SSSR count). The van der Waals surface area contributed by atoms with Crippen LogP contribution in [0, 0.1) is 0 Å². The fourth-order valence-electron chi connectivity index (χ4n) is 0.974. The summed E-state index contributed by atoms with van der Waals surface area (Å²) in [5.74, 6) is 0.600. The van der Waals surface area contributed by atoms with E-state index in [4.69, 9.17) is 0 Å². The quantitative estimate of drug-likeness (QED) is 0.699. The number of rotatable bonds is 3. The van der Waals surface area contributed by atoms with Gasteiger partial charge in [0, 0.05) is 6.42 Å². The van der Waals surface area contributed by atoms with Gasteiger partial charge in [-0.2, -0.15) is 5.10 Å². The first-order valence-electron chi connectivity index (χ1n) is 3.83. The fourth-order valence-corrected chi connectivity index (χ4v) is 0.974. The van der Waals surface area contributed by atoms with E-state index in [1.165, 1.54) is 17.9 Å². The number of halogens is 2. The smallest absolute Gasteiger partial charge is 0.242 e. The second-order valence-corrected chi connectivity index (χ2v) is 2.55. The molecule has 1 heterocycles. The molecule has 0 radical (unpaired) electrons. The highest BCUT2D eigenvalue weighted by atomic mass is 19.3. The first-order valence-corrected chi connectivity index (χ1v) is 3.83. The van der Waals surface area contributed by atoms with Crippen molar-refractivity contribution in [1.82, 2.24) is 14.8 Å². The third-order valence-electron chi connectivity index (χ3n) is 1.71. The molecule has 0 aliphatic heterocycles. The highest BCUT2D eigenvalue weighted by Gasteiger charge is 2.19. The van der Waals surface area contributed by atoms with Gasteiger partial charge in [-0.05, 0) is 6.92 Å². The maximum atomic E-state index is 12.2. The molecule has 0 fully saturated rings. The third kappa shape index (κ3) is 1.60. The maximum Gasteiger partial charge on any atom is 0.260 e. The summed E-state index contributed by atoms with van der Waals surface area (Å²) >= 11 is 0. The minimum absolute atomic E-state index is 0.600. The lowest BCUT2D eigenvalue weighted by molar-refractivity contribution is 0.0838. The van der Waals surface area contributed by atoms with Crippen molar-refractivity contribution in [2.75, 3.05) is 0 Å². The van der Waals surface area contributed by atoms with Gasteiger partial charge in [0.05, 0.1) is 0 Å². The zero-order chi connectivity index (χ0) is 9.14. The van der Waals surface area contributed by atoms with E-state index in [0.29, 0.717) is 12.2 Å². The Hall–Kier alpha value is -1.00. The van der Waals surface area contributed by atoms with Crippen molar-refractivity contribution < 1.29 is 8.78 Å². The van der Waals surface area contributed by atoms with Crippen molar-refractivity contribution in [3.63, 3.8) is 0 Å². The summed E-state index contributed by atoms with van der Waals surface area (Å²) in [5, 5.41) is 3.73. The number of hydrogen-bond acceptors (Lipinski definition) is 2. The van der Waals surface area contributed by atoms with E-state index in [-0.39, 0.29) is 0 Å². The lowest BCUT2D eigenvalue weighted by atomic mass is 10.3. The van der Waals surface area contributed by atoms with Gasteiger partial charge < -0.3 is 0 Å². The predicted molar refractivity (Wildman–Crippen MR) is 40.1 cm³/mol. The summed E-state index contributed by atoms with van der Waals surface area (Å²) in [7, 11) is 0. The van der Waals surface area contributed by atoms with Crippen LogP contribution >= 0.6 is 0 Å². The lowest BCUT2D eigenvalue weighted by Crippen LogP contribution is -2.17. The Bertz CT molecular complexity index is 247. The standard InChI is InChI=1S/C7H11F2N3/c1-3-6-10-4-11-12(6)5(2)7(8)9/h4-5,7H,3H2,1-2H3. The van der Waals surface area contributed by atoms with Crippen LogP contribution in [0.25, 0.3) is 0 Å². The summed E-state index contributed by atoms with van der Waals surface area (Å²) in [5.41, 5.74) is 0. The molecule has 0 saturated heterocycles. The Morgan fingerprint density at radius 1 is 1.58 bits per heavy atom. The summed E-state index contributed by atoms with van der Waals surface area (Å²) < 4.78 is 25.7. The summed E-state index contributed by atoms with van der Waals surface area (Å²) in [6.45, 7) is 3.29. The molecular formula is C7H11F2N3. The molecule has 0 N–H and O–H groups in total. The van der Waals surface area contributed by atoms with Gasteiger partial charge in [-0.25, -0.2) is 18.4 Å². The van der Waals surface area contributed by atoms with E-state index >= 15 is 0 Å². The average molecular weight is 175 g/mol. The van der Waals surface area contributed by atoms with E-state index in [0.717, 1.165) is 0 Å². The van der Waals surface area contributed by atoms with Gasteiger partial charge in [0.25, 0.3) is 6.43 Å². The highest BCUT2D eigenvalue weighted by molar-refractivity contribution is 4.86. The molecule has 0 bridgehead atoms. The molecule has 0 saturated carbocycles. The minimum atomic E-state index is -2.39. The summed E-state index contributed by atoms with van der Waals surface area (Å²) in [4.78, 5) is 3.86. The first kappa shape index (κ1) is 9.09. The zero-order valence-electron chi connectivity index (χ0n) is 7.04. The zero-order valence-corrected chi connectivity index (χ0v) is 7.04. The molecule has 0 aliphatic rings. The molecule has 0 aliphatic carbocycles. The van der Waals surface area contributed by atoms with Gasteiger partial charge in [0.15, 0.2) is 0 Å². The molecule has 12 heavy (non-hydrogen) atoms. The Morgan fingerprint density at radius 3 is 2.75 bits per heavy atom. The van der Waals surface area contributed by atoms with E-state index < -0.39 is 12.5 Å². The van der Waals surface area contributed by atoms with Crippen LogP contribution in [-0.2, 0) is 6.42 Å². The molecule has 1 unspecified atom stereocenters. The molecule has 1 aromatic rings. The second-order valence-electron chi connectivity index (χ2n) is 2.55. The van der Waals surface area contributed by atoms with Crippen LogP contribution in [0.1, 0.15) is 25.7 Å². The third-order valence-corrected chi connectivity index (χ3v) is 1.71. The highest BCUT2D eigenvalue weighted by Crippen LogP contribution is 2.15. The molecule has 0 amide bonds. The number of nitrogens with zero attached hydrogens (tertiary/aromatic N) is 3. The Balaban J connectivity index is 2.86. The van der Waals surface area contributed by atoms with E-state index in [2.05, 4.69) is 10.1 Å². The topological polar surface area (TPSA) is 30.7 Å². The van der Waals surface area contributed by atoms with Crippen LogP contribution in [0.4, 0.5) is 8.78 Å². The van der Waals surface area contributed by atoms with Crippen molar-refractivity contribution in [1.29, 1.82) is 0 Å². The van der Waals surface area contributed by atoms with Gasteiger partial charge >= 0.3 is 0 Å². The van der Waals surface area contributed by atoms with Gasteiger partial charge in [-0.3, -0.25) is 0 Å². The van der Waals surface area contributed by atoms with Crippen LogP contribution in [0.2, 0.25) is 0 Å². The number of hydrogen-bond donors (Lipinski definition) is 0. The number of aromatic nitrogens is 3. The van der Waals surface area contributed by atoms with Crippen LogP contribution in [-0.4, -0.2) is 21.2 Å². The number of aryl methyl sites for hydroxylation is 1. The van der Waals surface area contributed by atoms with E-state index in [9.17, 15) is 8.78 Å². The average Bonchev–Trinajstić information content (AvgIpc) is 2.49. The second kappa shape index (κ2) is 3.60. The normalized spacial score (nSPS) is 13.8. The first-order chi connectivity index (χ1) is 5.66. The Labute approximate surface area is 69.4 Å². The molecule has 5 heteroatoms. The van der Waals surface area contributed by atoms with Crippen LogP contribution in [0.15, 0.2) is 6.33 Å². The molecule has 68 valence electrons.